The van der Waals surface area contributed by atoms with Crippen molar-refractivity contribution in [3.8, 4) is 23.0 Å². The highest BCUT2D eigenvalue weighted by Crippen LogP contribution is 2.53. The molecule has 0 saturated heterocycles. The topological polar surface area (TPSA) is 70.5 Å². The Bertz CT molecular complexity index is 1600. The molecule has 4 N–H and O–H groups in total. The van der Waals surface area contributed by atoms with E-state index in [1.165, 1.54) is 107 Å². The molecule has 3 saturated carbocycles. The molecule has 0 aliphatic heterocycles. The fourth-order valence-corrected chi connectivity index (χ4v) is 9.25. The minimum atomic E-state index is -0.0108. The average molecular weight is 643 g/mol. The van der Waals surface area contributed by atoms with Crippen LogP contribution in [-0.4, -0.2) is 0 Å². The van der Waals surface area contributed by atoms with Crippen molar-refractivity contribution in [2.45, 2.75) is 127 Å². The van der Waals surface area contributed by atoms with Gasteiger partial charge < -0.3 is 20.9 Å². The first kappa shape index (κ1) is 32.6. The van der Waals surface area contributed by atoms with E-state index in [1.54, 1.807) is 11.1 Å². The van der Waals surface area contributed by atoms with Crippen molar-refractivity contribution in [3.05, 3.63) is 106 Å². The third-order valence-corrected chi connectivity index (χ3v) is 11.7. The fraction of sp³-hybridized carbons (Fsp3) is 0.455. The molecule has 0 radical (unpaired) electrons. The van der Waals surface area contributed by atoms with Crippen LogP contribution in [0.1, 0.15) is 142 Å². The van der Waals surface area contributed by atoms with Crippen LogP contribution in [0, 0.1) is 13.8 Å². The van der Waals surface area contributed by atoms with Crippen LogP contribution in [0.5, 0.6) is 23.0 Å². The van der Waals surface area contributed by atoms with Crippen LogP contribution in [0.25, 0.3) is 0 Å². The lowest BCUT2D eigenvalue weighted by Crippen LogP contribution is -2.34. The van der Waals surface area contributed by atoms with Crippen molar-refractivity contribution >= 4 is 11.4 Å². The molecule has 4 nitrogen and oxygen atoms in total. The normalized spacial score (nSPS) is 18.8. The molecule has 4 aromatic carbocycles. The largest absolute Gasteiger partial charge is 0.457 e. The fourth-order valence-electron chi connectivity index (χ4n) is 9.25. The van der Waals surface area contributed by atoms with E-state index in [0.29, 0.717) is 11.8 Å². The number of hydrogen-bond acceptors (Lipinski definition) is 4. The SMILES string of the molecule is Cc1cc(N)ccc1Oc1ccc(C2(c3ccc(Oc4ccc(N)cc4C)cc3C3CCCCC3)CCCCC2)c(C2CCCCC2)c1. The van der Waals surface area contributed by atoms with Gasteiger partial charge in [-0.05, 0) is 158 Å². The summed E-state index contributed by atoms with van der Waals surface area (Å²) in [5.41, 5.74) is 22.0. The predicted octanol–water partition coefficient (Wildman–Crippen LogP) is 12.4. The van der Waals surface area contributed by atoms with Gasteiger partial charge in [0.1, 0.15) is 23.0 Å². The molecule has 3 aliphatic rings. The highest BCUT2D eigenvalue weighted by atomic mass is 16.5. The molecule has 0 bridgehead atoms. The summed E-state index contributed by atoms with van der Waals surface area (Å²) in [6.07, 6.45) is 19.2. The molecular weight excluding hydrogens is 588 g/mol. The zero-order valence-corrected chi connectivity index (χ0v) is 29.2. The molecule has 0 amide bonds. The summed E-state index contributed by atoms with van der Waals surface area (Å²) in [7, 11) is 0. The Balaban J connectivity index is 1.35. The third-order valence-electron chi connectivity index (χ3n) is 11.7. The second kappa shape index (κ2) is 14.3. The van der Waals surface area contributed by atoms with Gasteiger partial charge >= 0.3 is 0 Å². The molecular formula is C44H54N2O2. The lowest BCUT2D eigenvalue weighted by molar-refractivity contribution is 0.331. The van der Waals surface area contributed by atoms with Crippen molar-refractivity contribution in [2.24, 2.45) is 0 Å². The van der Waals surface area contributed by atoms with Crippen molar-refractivity contribution in [2.75, 3.05) is 11.5 Å². The first-order valence-corrected chi connectivity index (χ1v) is 18.8. The van der Waals surface area contributed by atoms with Gasteiger partial charge in [-0.15, -0.1) is 0 Å². The van der Waals surface area contributed by atoms with Crippen molar-refractivity contribution in [1.82, 2.24) is 0 Å². The van der Waals surface area contributed by atoms with Gasteiger partial charge in [0, 0.05) is 16.8 Å². The highest BCUT2D eigenvalue weighted by Gasteiger charge is 2.41. The Labute approximate surface area is 288 Å². The van der Waals surface area contributed by atoms with Crippen LogP contribution < -0.4 is 20.9 Å². The highest BCUT2D eigenvalue weighted by molar-refractivity contribution is 5.55. The number of nitrogen functional groups attached to an aromatic ring is 2. The first-order valence-electron chi connectivity index (χ1n) is 18.8. The van der Waals surface area contributed by atoms with E-state index in [-0.39, 0.29) is 5.41 Å². The predicted molar refractivity (Wildman–Crippen MR) is 200 cm³/mol. The molecule has 0 heterocycles. The van der Waals surface area contributed by atoms with Crippen LogP contribution in [0.15, 0.2) is 72.8 Å². The van der Waals surface area contributed by atoms with Crippen molar-refractivity contribution in [1.29, 1.82) is 0 Å². The minimum absolute atomic E-state index is 0.0108. The summed E-state index contributed by atoms with van der Waals surface area (Å²) in [5.74, 6) is 4.77. The molecule has 48 heavy (non-hydrogen) atoms. The van der Waals surface area contributed by atoms with E-state index in [1.807, 2.05) is 36.4 Å². The van der Waals surface area contributed by atoms with Gasteiger partial charge in [0.05, 0.1) is 0 Å². The molecule has 7 rings (SSSR count). The van der Waals surface area contributed by atoms with E-state index in [2.05, 4.69) is 50.2 Å². The minimum Gasteiger partial charge on any atom is -0.457 e. The summed E-state index contributed by atoms with van der Waals surface area (Å²) in [6, 6.07) is 26.1. The van der Waals surface area contributed by atoms with Crippen LogP contribution in [0.2, 0.25) is 0 Å². The molecule has 0 spiro atoms. The average Bonchev–Trinajstić information content (AvgIpc) is 3.12. The Kier molecular flexibility index (Phi) is 9.71. The van der Waals surface area contributed by atoms with E-state index < -0.39 is 0 Å². The van der Waals surface area contributed by atoms with Crippen molar-refractivity contribution in [3.63, 3.8) is 0 Å². The molecule has 3 aliphatic carbocycles. The van der Waals surface area contributed by atoms with Gasteiger partial charge in [0.25, 0.3) is 0 Å². The Morgan fingerprint density at radius 3 is 1.33 bits per heavy atom. The third kappa shape index (κ3) is 6.81. The number of hydrogen-bond donors (Lipinski definition) is 2. The molecule has 0 unspecified atom stereocenters. The van der Waals surface area contributed by atoms with Gasteiger partial charge in [-0.3, -0.25) is 0 Å². The van der Waals surface area contributed by atoms with E-state index in [9.17, 15) is 0 Å². The van der Waals surface area contributed by atoms with Crippen LogP contribution in [-0.2, 0) is 5.41 Å². The molecule has 252 valence electrons. The first-order chi connectivity index (χ1) is 23.4. The number of benzene rings is 4. The summed E-state index contributed by atoms with van der Waals surface area (Å²) in [6.45, 7) is 4.15. The summed E-state index contributed by atoms with van der Waals surface area (Å²) >= 11 is 0. The van der Waals surface area contributed by atoms with Gasteiger partial charge in [-0.1, -0.05) is 69.9 Å². The van der Waals surface area contributed by atoms with Crippen molar-refractivity contribution < 1.29 is 9.47 Å². The second-order valence-electron chi connectivity index (χ2n) is 15.1. The smallest absolute Gasteiger partial charge is 0.130 e. The molecule has 3 fully saturated rings. The standard InChI is InChI=1S/C44H54N2O2/c1-30-26-34(45)16-22-42(30)47-36-18-20-40(38(28-36)32-12-6-3-7-13-32)44(24-10-5-11-25-44)41-21-19-37(29-39(41)33-14-8-4-9-15-33)48-43-23-17-35(46)27-31(43)2/h16-23,26-29,32-33H,3-15,24-25,45-46H2,1-2H3. The summed E-state index contributed by atoms with van der Waals surface area (Å²) in [5, 5.41) is 0. The van der Waals surface area contributed by atoms with Crippen LogP contribution in [0.4, 0.5) is 11.4 Å². The van der Waals surface area contributed by atoms with Gasteiger partial charge in [-0.25, -0.2) is 0 Å². The lowest BCUT2D eigenvalue weighted by Gasteiger charge is -2.43. The van der Waals surface area contributed by atoms with Gasteiger partial charge in [0.2, 0.25) is 0 Å². The summed E-state index contributed by atoms with van der Waals surface area (Å²) < 4.78 is 13.2. The maximum Gasteiger partial charge on any atom is 0.130 e. The van der Waals surface area contributed by atoms with Crippen LogP contribution in [0.3, 0.4) is 0 Å². The van der Waals surface area contributed by atoms with E-state index in [4.69, 9.17) is 20.9 Å². The Morgan fingerprint density at radius 1 is 0.500 bits per heavy atom. The quantitative estimate of drug-likeness (QED) is 0.188. The van der Waals surface area contributed by atoms with Gasteiger partial charge in [0.15, 0.2) is 0 Å². The second-order valence-corrected chi connectivity index (χ2v) is 15.1. The van der Waals surface area contributed by atoms with Gasteiger partial charge in [-0.2, -0.15) is 0 Å². The lowest BCUT2D eigenvalue weighted by atomic mass is 9.60. The monoisotopic (exact) mass is 642 g/mol. The zero-order valence-electron chi connectivity index (χ0n) is 29.2. The number of nitrogens with two attached hydrogens (primary N) is 2. The number of rotatable bonds is 8. The van der Waals surface area contributed by atoms with E-state index in [0.717, 1.165) is 45.5 Å². The summed E-state index contributed by atoms with van der Waals surface area (Å²) in [4.78, 5) is 0. The zero-order chi connectivity index (χ0) is 33.1. The molecule has 0 aromatic heterocycles. The Morgan fingerprint density at radius 2 is 0.917 bits per heavy atom. The molecule has 4 heteroatoms. The molecule has 0 atom stereocenters. The maximum absolute atomic E-state index is 6.60. The molecule has 4 aromatic rings. The van der Waals surface area contributed by atoms with E-state index >= 15 is 0 Å². The number of aryl methyl sites for hydroxylation is 2. The number of anilines is 2. The maximum atomic E-state index is 6.60. The Hall–Kier alpha value is -3.92. The van der Waals surface area contributed by atoms with Crippen LogP contribution >= 0.6 is 0 Å². The number of ether oxygens (including phenoxy) is 2.